The lowest BCUT2D eigenvalue weighted by molar-refractivity contribution is 0.00578. The third-order valence-corrected chi connectivity index (χ3v) is 5.53. The van der Waals surface area contributed by atoms with Crippen molar-refractivity contribution < 1.29 is 9.31 Å². The number of hydrogen-bond acceptors (Lipinski definition) is 4. The zero-order valence-electron chi connectivity index (χ0n) is 16.1. The maximum Gasteiger partial charge on any atom is 0.494 e. The van der Waals surface area contributed by atoms with Crippen LogP contribution in [0.2, 0.25) is 0 Å². The molecule has 0 amide bonds. The summed E-state index contributed by atoms with van der Waals surface area (Å²) >= 11 is 0. The van der Waals surface area contributed by atoms with E-state index in [-0.39, 0.29) is 18.3 Å². The van der Waals surface area contributed by atoms with Gasteiger partial charge in [-0.25, -0.2) is 9.97 Å². The van der Waals surface area contributed by atoms with E-state index >= 15 is 0 Å². The van der Waals surface area contributed by atoms with E-state index in [0.717, 1.165) is 27.8 Å². The first-order chi connectivity index (χ1) is 12.9. The molecule has 1 aromatic heterocycles. The van der Waals surface area contributed by atoms with Crippen LogP contribution in [0, 0.1) is 0 Å². The zero-order valence-corrected chi connectivity index (χ0v) is 16.1. The minimum absolute atomic E-state index is 0.326. The fraction of sp³-hybridized carbons (Fsp3) is 0.273. The van der Waals surface area contributed by atoms with E-state index in [1.54, 1.807) is 12.5 Å². The Balaban J connectivity index is 1.53. The first kappa shape index (κ1) is 17.9. The molecule has 1 fully saturated rings. The summed E-state index contributed by atoms with van der Waals surface area (Å²) in [6, 6.07) is 18.7. The Morgan fingerprint density at radius 1 is 0.704 bits per heavy atom. The minimum atomic E-state index is -0.329. The monoisotopic (exact) mass is 358 g/mol. The van der Waals surface area contributed by atoms with Crippen LogP contribution >= 0.6 is 0 Å². The molecule has 0 aliphatic carbocycles. The normalized spacial score (nSPS) is 17.9. The van der Waals surface area contributed by atoms with Gasteiger partial charge in [-0.15, -0.1) is 0 Å². The summed E-state index contributed by atoms with van der Waals surface area (Å²) in [7, 11) is -0.329. The second kappa shape index (κ2) is 6.59. The van der Waals surface area contributed by atoms with Gasteiger partial charge in [-0.1, -0.05) is 48.5 Å². The number of benzene rings is 2. The smallest absolute Gasteiger partial charge is 0.399 e. The molecule has 2 aromatic carbocycles. The average molecular weight is 358 g/mol. The van der Waals surface area contributed by atoms with Crippen molar-refractivity contribution in [1.29, 1.82) is 0 Å². The third-order valence-electron chi connectivity index (χ3n) is 5.53. The number of hydrogen-bond donors (Lipinski definition) is 0. The topological polar surface area (TPSA) is 44.2 Å². The van der Waals surface area contributed by atoms with Crippen LogP contribution in [0.1, 0.15) is 27.7 Å². The largest absolute Gasteiger partial charge is 0.494 e. The number of nitrogens with zero attached hydrogens (tertiary/aromatic N) is 2. The van der Waals surface area contributed by atoms with Gasteiger partial charge in [0.15, 0.2) is 0 Å². The van der Waals surface area contributed by atoms with Gasteiger partial charge in [0.2, 0.25) is 0 Å². The van der Waals surface area contributed by atoms with Gasteiger partial charge in [-0.3, -0.25) is 0 Å². The Labute approximate surface area is 160 Å². The Bertz CT molecular complexity index is 907. The predicted molar refractivity (Wildman–Crippen MR) is 109 cm³/mol. The first-order valence-corrected chi connectivity index (χ1v) is 9.18. The second-order valence-electron chi connectivity index (χ2n) is 7.88. The van der Waals surface area contributed by atoms with Crippen LogP contribution in [-0.2, 0) is 9.31 Å². The third kappa shape index (κ3) is 3.40. The van der Waals surface area contributed by atoms with E-state index in [1.807, 2.05) is 6.07 Å². The highest BCUT2D eigenvalue weighted by molar-refractivity contribution is 6.62. The molecule has 27 heavy (non-hydrogen) atoms. The SMILES string of the molecule is CC1(C)OB(c2ccc(-c3ccc(-c4ccncn4)cc3)cc2)OC1(C)C. The van der Waals surface area contributed by atoms with E-state index in [2.05, 4.69) is 86.2 Å². The van der Waals surface area contributed by atoms with E-state index < -0.39 is 0 Å². The lowest BCUT2D eigenvalue weighted by Crippen LogP contribution is -2.41. The van der Waals surface area contributed by atoms with Crippen LogP contribution in [0.3, 0.4) is 0 Å². The molecule has 136 valence electrons. The van der Waals surface area contributed by atoms with Gasteiger partial charge in [0.05, 0.1) is 16.9 Å². The molecule has 4 rings (SSSR count). The van der Waals surface area contributed by atoms with Gasteiger partial charge in [-0.2, -0.15) is 0 Å². The van der Waals surface area contributed by atoms with Gasteiger partial charge < -0.3 is 9.31 Å². The van der Waals surface area contributed by atoms with Crippen molar-refractivity contribution in [3.05, 3.63) is 67.1 Å². The zero-order chi connectivity index (χ0) is 19.1. The summed E-state index contributed by atoms with van der Waals surface area (Å²) in [4.78, 5) is 8.25. The fourth-order valence-corrected chi connectivity index (χ4v) is 3.11. The molecule has 2 heterocycles. The molecule has 5 heteroatoms. The summed E-state index contributed by atoms with van der Waals surface area (Å²) in [6.07, 6.45) is 3.32. The summed E-state index contributed by atoms with van der Waals surface area (Å²) in [5.41, 5.74) is 4.70. The second-order valence-corrected chi connectivity index (χ2v) is 7.88. The predicted octanol–water partition coefficient (Wildman–Crippen LogP) is 4.11. The Kier molecular flexibility index (Phi) is 4.37. The summed E-state index contributed by atoms with van der Waals surface area (Å²) in [6.45, 7) is 8.28. The first-order valence-electron chi connectivity index (χ1n) is 9.18. The van der Waals surface area contributed by atoms with Gasteiger partial charge in [0, 0.05) is 11.8 Å². The molecule has 0 radical (unpaired) electrons. The van der Waals surface area contributed by atoms with Crippen molar-refractivity contribution in [3.8, 4) is 22.4 Å². The molecule has 3 aromatic rings. The van der Waals surface area contributed by atoms with Crippen molar-refractivity contribution in [2.45, 2.75) is 38.9 Å². The summed E-state index contributed by atoms with van der Waals surface area (Å²) in [5.74, 6) is 0. The molecule has 0 bridgehead atoms. The number of rotatable bonds is 3. The van der Waals surface area contributed by atoms with Crippen LogP contribution in [0.15, 0.2) is 67.1 Å². The molecular formula is C22H23BN2O2. The molecule has 1 aliphatic rings. The fourth-order valence-electron chi connectivity index (χ4n) is 3.11. The van der Waals surface area contributed by atoms with Crippen LogP contribution in [-0.4, -0.2) is 28.3 Å². The van der Waals surface area contributed by atoms with Crippen LogP contribution in [0.5, 0.6) is 0 Å². The molecule has 4 nitrogen and oxygen atoms in total. The minimum Gasteiger partial charge on any atom is -0.399 e. The van der Waals surface area contributed by atoms with Gasteiger partial charge in [0.25, 0.3) is 0 Å². The van der Waals surface area contributed by atoms with E-state index in [4.69, 9.17) is 9.31 Å². The Hall–Kier alpha value is -2.50. The van der Waals surface area contributed by atoms with Gasteiger partial charge in [0.1, 0.15) is 6.33 Å². The molecule has 1 aliphatic heterocycles. The van der Waals surface area contributed by atoms with Gasteiger partial charge >= 0.3 is 7.12 Å². The van der Waals surface area contributed by atoms with E-state index in [1.165, 1.54) is 0 Å². The van der Waals surface area contributed by atoms with Crippen LogP contribution < -0.4 is 5.46 Å². The average Bonchev–Trinajstić information content (AvgIpc) is 2.90. The molecule has 0 atom stereocenters. The molecule has 1 saturated heterocycles. The standard InChI is InChI=1S/C22H23BN2O2/c1-21(2)22(3,4)27-23(26-21)19-11-9-17(10-12-19)16-5-7-18(8-6-16)20-13-14-24-15-25-20/h5-15H,1-4H3. The van der Waals surface area contributed by atoms with Crippen molar-refractivity contribution >= 4 is 12.6 Å². The highest BCUT2D eigenvalue weighted by atomic mass is 16.7. The maximum absolute atomic E-state index is 6.13. The van der Waals surface area contributed by atoms with Crippen molar-refractivity contribution in [1.82, 2.24) is 9.97 Å². The quantitative estimate of drug-likeness (QED) is 0.661. The summed E-state index contributed by atoms with van der Waals surface area (Å²) < 4.78 is 12.3. The van der Waals surface area contributed by atoms with Crippen LogP contribution in [0.4, 0.5) is 0 Å². The lowest BCUT2D eigenvalue weighted by atomic mass is 9.78. The molecule has 0 N–H and O–H groups in total. The molecule has 0 unspecified atom stereocenters. The molecule has 0 saturated carbocycles. The lowest BCUT2D eigenvalue weighted by Gasteiger charge is -2.32. The Morgan fingerprint density at radius 3 is 1.74 bits per heavy atom. The van der Waals surface area contributed by atoms with Crippen LogP contribution in [0.25, 0.3) is 22.4 Å². The van der Waals surface area contributed by atoms with E-state index in [9.17, 15) is 0 Å². The van der Waals surface area contributed by atoms with Crippen molar-refractivity contribution in [2.24, 2.45) is 0 Å². The molecule has 0 spiro atoms. The Morgan fingerprint density at radius 2 is 1.22 bits per heavy atom. The van der Waals surface area contributed by atoms with Gasteiger partial charge in [-0.05, 0) is 50.4 Å². The maximum atomic E-state index is 6.13. The summed E-state index contributed by atoms with van der Waals surface area (Å²) in [5, 5.41) is 0. The highest BCUT2D eigenvalue weighted by Crippen LogP contribution is 2.36. The van der Waals surface area contributed by atoms with E-state index in [0.29, 0.717) is 0 Å². The van der Waals surface area contributed by atoms with Crippen molar-refractivity contribution in [3.63, 3.8) is 0 Å². The molecular weight excluding hydrogens is 335 g/mol. The van der Waals surface area contributed by atoms with Crippen molar-refractivity contribution in [2.75, 3.05) is 0 Å². The number of aromatic nitrogens is 2. The highest BCUT2D eigenvalue weighted by Gasteiger charge is 2.51.